The van der Waals surface area contributed by atoms with Gasteiger partial charge in [0.25, 0.3) is 0 Å². The summed E-state index contributed by atoms with van der Waals surface area (Å²) in [4.78, 5) is 2.12. The van der Waals surface area contributed by atoms with E-state index in [0.717, 1.165) is 35.8 Å². The molecule has 0 aromatic heterocycles. The normalized spacial score (nSPS) is 21.6. The van der Waals surface area contributed by atoms with Crippen molar-refractivity contribution in [2.75, 3.05) is 6.54 Å². The molecule has 0 amide bonds. The van der Waals surface area contributed by atoms with Gasteiger partial charge in [-0.1, -0.05) is 27.5 Å². The minimum atomic E-state index is -0.254. The summed E-state index contributed by atoms with van der Waals surface area (Å²) in [5.41, 5.74) is 6.61. The van der Waals surface area contributed by atoms with Gasteiger partial charge in [-0.25, -0.2) is 4.39 Å². The number of piperidine rings is 1. The maximum Gasteiger partial charge on any atom is 0.156 e. The quantitative estimate of drug-likeness (QED) is 0.388. The molecule has 1 aliphatic rings. The lowest BCUT2D eigenvalue weighted by atomic mass is 10.0. The lowest BCUT2D eigenvalue weighted by molar-refractivity contribution is 0.178. The van der Waals surface area contributed by atoms with Gasteiger partial charge in [0.2, 0.25) is 0 Å². The van der Waals surface area contributed by atoms with E-state index < -0.39 is 0 Å². The van der Waals surface area contributed by atoms with E-state index >= 15 is 0 Å². The van der Waals surface area contributed by atoms with Gasteiger partial charge in [0.15, 0.2) is 5.84 Å². The first-order valence-electron chi connectivity index (χ1n) is 6.27. The van der Waals surface area contributed by atoms with Gasteiger partial charge in [0.1, 0.15) is 5.82 Å². The lowest BCUT2D eigenvalue weighted by Crippen LogP contribution is -2.47. The van der Waals surface area contributed by atoms with E-state index in [4.69, 9.17) is 10.9 Å². The third kappa shape index (κ3) is 3.45. The number of rotatable bonds is 3. The molecule has 0 spiro atoms. The molecule has 1 heterocycles. The molecule has 4 nitrogen and oxygen atoms in total. The highest BCUT2D eigenvalue weighted by atomic mass is 79.9. The SMILES string of the molecule is NC(=NO)C1CCCCN1Cc1cc(F)ccc1Br. The summed E-state index contributed by atoms with van der Waals surface area (Å²) in [6, 6.07) is 4.56. The van der Waals surface area contributed by atoms with Crippen LogP contribution < -0.4 is 5.73 Å². The van der Waals surface area contributed by atoms with E-state index in [9.17, 15) is 4.39 Å². The fraction of sp³-hybridized carbons (Fsp3) is 0.462. The zero-order valence-electron chi connectivity index (χ0n) is 10.5. The second kappa shape index (κ2) is 6.34. The van der Waals surface area contributed by atoms with Gasteiger partial charge >= 0.3 is 0 Å². The Morgan fingerprint density at radius 1 is 1.53 bits per heavy atom. The molecule has 0 saturated carbocycles. The van der Waals surface area contributed by atoms with Gasteiger partial charge in [-0.05, 0) is 43.1 Å². The first kappa shape index (κ1) is 14.3. The average Bonchev–Trinajstić information content (AvgIpc) is 2.42. The Hall–Kier alpha value is -1.14. The van der Waals surface area contributed by atoms with Crippen LogP contribution >= 0.6 is 15.9 Å². The van der Waals surface area contributed by atoms with Crippen LogP contribution in [-0.4, -0.2) is 28.5 Å². The second-order valence-electron chi connectivity index (χ2n) is 4.74. The Bertz CT molecular complexity index is 481. The summed E-state index contributed by atoms with van der Waals surface area (Å²) in [5, 5.41) is 11.9. The molecular weight excluding hydrogens is 313 g/mol. The van der Waals surface area contributed by atoms with Crippen molar-refractivity contribution in [1.82, 2.24) is 4.90 Å². The Labute approximate surface area is 120 Å². The summed E-state index contributed by atoms with van der Waals surface area (Å²) in [6.07, 6.45) is 2.99. The number of benzene rings is 1. The number of nitrogens with two attached hydrogens (primary N) is 1. The van der Waals surface area contributed by atoms with Crippen LogP contribution in [0.5, 0.6) is 0 Å². The Kier molecular flexibility index (Phi) is 4.76. The first-order valence-corrected chi connectivity index (χ1v) is 7.06. The maximum absolute atomic E-state index is 13.3. The predicted molar refractivity (Wildman–Crippen MR) is 75.6 cm³/mol. The van der Waals surface area contributed by atoms with Crippen LogP contribution in [-0.2, 0) is 6.54 Å². The van der Waals surface area contributed by atoms with Gasteiger partial charge in [0.05, 0.1) is 6.04 Å². The minimum absolute atomic E-state index is 0.0751. The van der Waals surface area contributed by atoms with Crippen LogP contribution in [0.1, 0.15) is 24.8 Å². The molecule has 1 saturated heterocycles. The van der Waals surface area contributed by atoms with Crippen molar-refractivity contribution in [2.45, 2.75) is 31.8 Å². The topological polar surface area (TPSA) is 61.9 Å². The van der Waals surface area contributed by atoms with E-state index in [1.807, 2.05) is 0 Å². The van der Waals surface area contributed by atoms with E-state index in [0.29, 0.717) is 6.54 Å². The van der Waals surface area contributed by atoms with Crippen LogP contribution in [0.2, 0.25) is 0 Å². The fourth-order valence-electron chi connectivity index (χ4n) is 2.47. The average molecular weight is 330 g/mol. The number of amidine groups is 1. The Morgan fingerprint density at radius 2 is 2.32 bits per heavy atom. The summed E-state index contributed by atoms with van der Waals surface area (Å²) in [7, 11) is 0. The van der Waals surface area contributed by atoms with E-state index in [2.05, 4.69) is 26.0 Å². The van der Waals surface area contributed by atoms with E-state index in [-0.39, 0.29) is 17.7 Å². The first-order chi connectivity index (χ1) is 9.11. The maximum atomic E-state index is 13.3. The Balaban J connectivity index is 2.17. The molecule has 0 aliphatic carbocycles. The fourth-order valence-corrected chi connectivity index (χ4v) is 2.84. The zero-order chi connectivity index (χ0) is 13.8. The van der Waals surface area contributed by atoms with Crippen molar-refractivity contribution in [3.8, 4) is 0 Å². The number of hydrogen-bond donors (Lipinski definition) is 2. The summed E-state index contributed by atoms with van der Waals surface area (Å²) in [5.74, 6) is -0.0252. The van der Waals surface area contributed by atoms with Crippen molar-refractivity contribution < 1.29 is 9.60 Å². The van der Waals surface area contributed by atoms with Gasteiger partial charge in [-0.15, -0.1) is 0 Å². The Morgan fingerprint density at radius 3 is 3.05 bits per heavy atom. The van der Waals surface area contributed by atoms with Crippen LogP contribution in [0.3, 0.4) is 0 Å². The van der Waals surface area contributed by atoms with Crippen LogP contribution in [0.15, 0.2) is 27.8 Å². The number of halogens is 2. The molecule has 1 aromatic rings. The largest absolute Gasteiger partial charge is 0.409 e. The molecule has 0 bridgehead atoms. The van der Waals surface area contributed by atoms with Crippen molar-refractivity contribution in [3.63, 3.8) is 0 Å². The zero-order valence-corrected chi connectivity index (χ0v) is 12.1. The summed E-state index contributed by atoms with van der Waals surface area (Å²) in [6.45, 7) is 1.45. The number of hydrogen-bond acceptors (Lipinski definition) is 3. The van der Waals surface area contributed by atoms with Crippen molar-refractivity contribution in [3.05, 3.63) is 34.1 Å². The van der Waals surface area contributed by atoms with Crippen LogP contribution in [0.4, 0.5) is 4.39 Å². The third-order valence-electron chi connectivity index (χ3n) is 3.45. The van der Waals surface area contributed by atoms with Crippen molar-refractivity contribution in [2.24, 2.45) is 10.9 Å². The summed E-state index contributed by atoms with van der Waals surface area (Å²) < 4.78 is 14.2. The number of nitrogens with zero attached hydrogens (tertiary/aromatic N) is 2. The molecule has 3 N–H and O–H groups in total. The minimum Gasteiger partial charge on any atom is -0.409 e. The highest BCUT2D eigenvalue weighted by Gasteiger charge is 2.26. The third-order valence-corrected chi connectivity index (χ3v) is 4.23. The molecule has 6 heteroatoms. The molecule has 1 aromatic carbocycles. The smallest absolute Gasteiger partial charge is 0.156 e. The van der Waals surface area contributed by atoms with Gasteiger partial charge in [-0.2, -0.15) is 0 Å². The molecule has 19 heavy (non-hydrogen) atoms. The highest BCUT2D eigenvalue weighted by Crippen LogP contribution is 2.24. The molecule has 0 radical (unpaired) electrons. The van der Waals surface area contributed by atoms with Crippen LogP contribution in [0, 0.1) is 5.82 Å². The van der Waals surface area contributed by atoms with E-state index in [1.54, 1.807) is 6.07 Å². The summed E-state index contributed by atoms with van der Waals surface area (Å²) >= 11 is 3.43. The van der Waals surface area contributed by atoms with E-state index in [1.165, 1.54) is 12.1 Å². The molecule has 2 rings (SSSR count). The highest BCUT2D eigenvalue weighted by molar-refractivity contribution is 9.10. The predicted octanol–water partition coefficient (Wildman–Crippen LogP) is 2.69. The van der Waals surface area contributed by atoms with Gasteiger partial charge < -0.3 is 10.9 Å². The molecule has 1 atom stereocenters. The molecule has 1 unspecified atom stereocenters. The molecule has 104 valence electrons. The lowest BCUT2D eigenvalue weighted by Gasteiger charge is -2.34. The van der Waals surface area contributed by atoms with Gasteiger partial charge in [-0.3, -0.25) is 4.90 Å². The number of likely N-dealkylation sites (tertiary alicyclic amines) is 1. The molecule has 1 aliphatic heterocycles. The molecular formula is C13H17BrFN3O. The molecule has 1 fully saturated rings. The second-order valence-corrected chi connectivity index (χ2v) is 5.60. The van der Waals surface area contributed by atoms with Gasteiger partial charge in [0, 0.05) is 11.0 Å². The van der Waals surface area contributed by atoms with Crippen LogP contribution in [0.25, 0.3) is 0 Å². The van der Waals surface area contributed by atoms with Crippen molar-refractivity contribution in [1.29, 1.82) is 0 Å². The standard InChI is InChI=1S/C13H17BrFN3O/c14-11-5-4-10(15)7-9(11)8-18-6-2-1-3-12(18)13(16)17-19/h4-5,7,12,19H,1-3,6,8H2,(H2,16,17). The monoisotopic (exact) mass is 329 g/mol. The number of oxime groups is 1. The van der Waals surface area contributed by atoms with Crippen molar-refractivity contribution >= 4 is 21.8 Å².